The molecule has 0 amide bonds. The van der Waals surface area contributed by atoms with Gasteiger partial charge in [-0.2, -0.15) is 0 Å². The Bertz CT molecular complexity index is 379. The molecule has 1 aromatic rings. The molecule has 1 rings (SSSR count). The van der Waals surface area contributed by atoms with E-state index in [-0.39, 0.29) is 6.61 Å². The summed E-state index contributed by atoms with van der Waals surface area (Å²) >= 11 is 0. The van der Waals surface area contributed by atoms with Crippen molar-refractivity contribution < 1.29 is 19.0 Å². The van der Waals surface area contributed by atoms with Crippen LogP contribution in [0, 0.1) is 5.82 Å². The Morgan fingerprint density at radius 2 is 2.06 bits per heavy atom. The lowest BCUT2D eigenvalue weighted by atomic mass is 9.90. The summed E-state index contributed by atoms with van der Waals surface area (Å²) in [5, 5.41) is 9.85. The molecule has 0 saturated heterocycles. The first-order valence-electron chi connectivity index (χ1n) is 5.70. The molecule has 1 N–H and O–H groups in total. The number of esters is 1. The maximum Gasteiger partial charge on any atom is 0.335 e. The van der Waals surface area contributed by atoms with E-state index in [0.29, 0.717) is 12.0 Å². The lowest BCUT2D eigenvalue weighted by Gasteiger charge is -2.20. The van der Waals surface area contributed by atoms with E-state index in [9.17, 15) is 14.3 Å². The molecular formula is C13H17FO3. The first-order chi connectivity index (χ1) is 8.11. The Morgan fingerprint density at radius 1 is 1.41 bits per heavy atom. The highest BCUT2D eigenvalue weighted by Gasteiger charge is 2.28. The highest BCUT2D eigenvalue weighted by molar-refractivity contribution is 5.75. The molecule has 0 saturated carbocycles. The lowest BCUT2D eigenvalue weighted by molar-refractivity contribution is -0.154. The standard InChI is InChI=1S/C13H17FO3/c1-3-9(12(15)13(16)17-4-2)10-7-5-6-8-11(10)14/h5-9,12,15H,3-4H2,1-2H3. The molecule has 0 radical (unpaired) electrons. The van der Waals surface area contributed by atoms with E-state index < -0.39 is 23.8 Å². The van der Waals surface area contributed by atoms with E-state index in [1.807, 2.05) is 0 Å². The largest absolute Gasteiger partial charge is 0.464 e. The van der Waals surface area contributed by atoms with Gasteiger partial charge in [0.1, 0.15) is 5.82 Å². The van der Waals surface area contributed by atoms with E-state index in [2.05, 4.69) is 0 Å². The van der Waals surface area contributed by atoms with E-state index in [0.717, 1.165) is 0 Å². The van der Waals surface area contributed by atoms with Crippen LogP contribution in [-0.4, -0.2) is 23.8 Å². The quantitative estimate of drug-likeness (QED) is 0.803. The highest BCUT2D eigenvalue weighted by Crippen LogP contribution is 2.26. The molecule has 0 spiro atoms. The second-order valence-corrected chi connectivity index (χ2v) is 3.73. The van der Waals surface area contributed by atoms with Gasteiger partial charge in [-0.1, -0.05) is 25.1 Å². The molecule has 0 aliphatic carbocycles. The van der Waals surface area contributed by atoms with Gasteiger partial charge in [0.05, 0.1) is 6.61 Å². The molecule has 0 bridgehead atoms. The predicted octanol–water partition coefficient (Wildman–Crippen LogP) is 2.24. The zero-order valence-electron chi connectivity index (χ0n) is 10.0. The fourth-order valence-corrected chi connectivity index (χ4v) is 1.78. The van der Waals surface area contributed by atoms with Gasteiger partial charge in [0.2, 0.25) is 0 Å². The minimum Gasteiger partial charge on any atom is -0.464 e. The fraction of sp³-hybridized carbons (Fsp3) is 0.462. The molecule has 0 aliphatic rings. The third-order valence-electron chi connectivity index (χ3n) is 2.65. The molecule has 94 valence electrons. The monoisotopic (exact) mass is 240 g/mol. The predicted molar refractivity (Wildman–Crippen MR) is 62.1 cm³/mol. The SMILES string of the molecule is CCOC(=O)C(O)C(CC)c1ccccc1F. The normalized spacial score (nSPS) is 14.1. The molecule has 0 aliphatic heterocycles. The third kappa shape index (κ3) is 3.27. The summed E-state index contributed by atoms with van der Waals surface area (Å²) in [5.41, 5.74) is 0.343. The van der Waals surface area contributed by atoms with Crippen molar-refractivity contribution in [3.05, 3.63) is 35.6 Å². The van der Waals surface area contributed by atoms with Gasteiger partial charge in [0, 0.05) is 5.92 Å². The number of hydrogen-bond donors (Lipinski definition) is 1. The average Bonchev–Trinajstić information content (AvgIpc) is 2.32. The molecule has 0 aromatic heterocycles. The van der Waals surface area contributed by atoms with Gasteiger partial charge in [0.15, 0.2) is 6.10 Å². The van der Waals surface area contributed by atoms with Crippen molar-refractivity contribution in [2.45, 2.75) is 32.3 Å². The van der Waals surface area contributed by atoms with Crippen molar-refractivity contribution in [3.8, 4) is 0 Å². The third-order valence-corrected chi connectivity index (χ3v) is 2.65. The smallest absolute Gasteiger partial charge is 0.335 e. The lowest BCUT2D eigenvalue weighted by Crippen LogP contribution is -2.30. The van der Waals surface area contributed by atoms with Crippen LogP contribution in [0.1, 0.15) is 31.7 Å². The summed E-state index contributed by atoms with van der Waals surface area (Å²) in [5.74, 6) is -1.69. The maximum absolute atomic E-state index is 13.6. The van der Waals surface area contributed by atoms with Crippen molar-refractivity contribution in [3.63, 3.8) is 0 Å². The Kier molecular flexibility index (Phi) is 5.10. The number of hydrogen-bond acceptors (Lipinski definition) is 3. The van der Waals surface area contributed by atoms with Gasteiger partial charge in [-0.05, 0) is 25.0 Å². The van der Waals surface area contributed by atoms with Crippen LogP contribution in [0.3, 0.4) is 0 Å². The summed E-state index contributed by atoms with van der Waals surface area (Å²) in [4.78, 5) is 11.4. The second kappa shape index (κ2) is 6.35. The first kappa shape index (κ1) is 13.6. The molecule has 4 heteroatoms. The Hall–Kier alpha value is -1.42. The van der Waals surface area contributed by atoms with Crippen LogP contribution in [0.2, 0.25) is 0 Å². The van der Waals surface area contributed by atoms with Gasteiger partial charge >= 0.3 is 5.97 Å². The Morgan fingerprint density at radius 3 is 2.59 bits per heavy atom. The molecule has 0 fully saturated rings. The van der Waals surface area contributed by atoms with Gasteiger partial charge < -0.3 is 9.84 Å². The topological polar surface area (TPSA) is 46.5 Å². The van der Waals surface area contributed by atoms with Crippen LogP contribution >= 0.6 is 0 Å². The van der Waals surface area contributed by atoms with Crippen molar-refractivity contribution >= 4 is 5.97 Å². The number of rotatable bonds is 5. The van der Waals surface area contributed by atoms with Crippen LogP contribution in [0.25, 0.3) is 0 Å². The number of aliphatic hydroxyl groups excluding tert-OH is 1. The summed E-state index contributed by atoms with van der Waals surface area (Å²) in [6, 6.07) is 6.14. The minimum absolute atomic E-state index is 0.198. The number of benzene rings is 1. The Balaban J connectivity index is 2.92. The van der Waals surface area contributed by atoms with Crippen LogP contribution in [0.4, 0.5) is 4.39 Å². The van der Waals surface area contributed by atoms with Crippen molar-refractivity contribution in [1.82, 2.24) is 0 Å². The highest BCUT2D eigenvalue weighted by atomic mass is 19.1. The van der Waals surface area contributed by atoms with Crippen molar-refractivity contribution in [1.29, 1.82) is 0 Å². The number of carbonyl (C=O) groups excluding carboxylic acids is 1. The number of carbonyl (C=O) groups is 1. The molecule has 2 unspecified atom stereocenters. The van der Waals surface area contributed by atoms with Crippen molar-refractivity contribution in [2.24, 2.45) is 0 Å². The maximum atomic E-state index is 13.6. The molecule has 0 heterocycles. The van der Waals surface area contributed by atoms with Gasteiger partial charge in [-0.3, -0.25) is 0 Å². The minimum atomic E-state index is -1.32. The summed E-state index contributed by atoms with van der Waals surface area (Å²) in [6.45, 7) is 3.65. The molecule has 1 aromatic carbocycles. The van der Waals surface area contributed by atoms with E-state index >= 15 is 0 Å². The molecule has 2 atom stereocenters. The summed E-state index contributed by atoms with van der Waals surface area (Å²) in [7, 11) is 0. The van der Waals surface area contributed by atoms with Crippen LogP contribution < -0.4 is 0 Å². The Labute approximate surface area is 100 Å². The van der Waals surface area contributed by atoms with Crippen LogP contribution in [-0.2, 0) is 9.53 Å². The second-order valence-electron chi connectivity index (χ2n) is 3.73. The first-order valence-corrected chi connectivity index (χ1v) is 5.70. The van der Waals surface area contributed by atoms with Gasteiger partial charge in [-0.15, -0.1) is 0 Å². The van der Waals surface area contributed by atoms with Crippen LogP contribution in [0.15, 0.2) is 24.3 Å². The number of aliphatic hydroxyl groups is 1. The van der Waals surface area contributed by atoms with Gasteiger partial charge in [0.25, 0.3) is 0 Å². The van der Waals surface area contributed by atoms with E-state index in [1.54, 1.807) is 32.0 Å². The van der Waals surface area contributed by atoms with Crippen LogP contribution in [0.5, 0.6) is 0 Å². The van der Waals surface area contributed by atoms with E-state index in [4.69, 9.17) is 4.74 Å². The molecular weight excluding hydrogens is 223 g/mol. The average molecular weight is 240 g/mol. The summed E-state index contributed by atoms with van der Waals surface area (Å²) in [6.07, 6.45) is -0.863. The zero-order valence-corrected chi connectivity index (χ0v) is 10.0. The number of ether oxygens (including phenoxy) is 1. The number of halogens is 1. The fourth-order valence-electron chi connectivity index (χ4n) is 1.78. The van der Waals surface area contributed by atoms with Gasteiger partial charge in [-0.25, -0.2) is 9.18 Å². The molecule has 17 heavy (non-hydrogen) atoms. The van der Waals surface area contributed by atoms with E-state index in [1.165, 1.54) is 6.07 Å². The summed E-state index contributed by atoms with van der Waals surface area (Å²) < 4.78 is 18.3. The zero-order chi connectivity index (χ0) is 12.8. The molecule has 3 nitrogen and oxygen atoms in total. The van der Waals surface area contributed by atoms with Crippen molar-refractivity contribution in [2.75, 3.05) is 6.61 Å².